The molecule has 15 heavy (non-hydrogen) atoms. The number of rotatable bonds is 1. The monoisotopic (exact) mass is 270 g/mol. The van der Waals surface area contributed by atoms with Crippen LogP contribution in [0, 0.1) is 0 Å². The van der Waals surface area contributed by atoms with Gasteiger partial charge in [0.1, 0.15) is 11.4 Å². The van der Waals surface area contributed by atoms with E-state index in [-0.39, 0.29) is 5.97 Å². The molecule has 3 nitrogen and oxygen atoms in total. The third-order valence-electron chi connectivity index (χ3n) is 2.16. The fourth-order valence-corrected chi connectivity index (χ4v) is 1.89. The summed E-state index contributed by atoms with van der Waals surface area (Å²) in [5.74, 6) is 0.402. The van der Waals surface area contributed by atoms with E-state index in [9.17, 15) is 4.79 Å². The number of furan rings is 1. The van der Waals surface area contributed by atoms with Gasteiger partial charge in [0, 0.05) is 12.0 Å². The number of halogens is 1. The minimum atomic E-state index is -0.396. The lowest BCUT2D eigenvalue weighted by molar-refractivity contribution is -0.143. The van der Waals surface area contributed by atoms with Crippen LogP contribution in [0.3, 0.4) is 0 Å². The van der Waals surface area contributed by atoms with Crippen molar-refractivity contribution in [2.75, 3.05) is 0 Å². The second kappa shape index (κ2) is 3.52. The van der Waals surface area contributed by atoms with E-state index in [1.54, 1.807) is 18.2 Å². The molecule has 1 aromatic rings. The fourth-order valence-electron chi connectivity index (χ4n) is 1.57. The Hall–Kier alpha value is -1.03. The number of cyclic esters (lactones) is 1. The van der Waals surface area contributed by atoms with Gasteiger partial charge in [-0.1, -0.05) is 0 Å². The van der Waals surface area contributed by atoms with Gasteiger partial charge in [-0.2, -0.15) is 0 Å². The molecule has 4 heteroatoms. The van der Waals surface area contributed by atoms with Crippen molar-refractivity contribution in [3.8, 4) is 0 Å². The Morgan fingerprint density at radius 1 is 1.47 bits per heavy atom. The summed E-state index contributed by atoms with van der Waals surface area (Å²) in [6.07, 6.45) is 2.34. The number of esters is 1. The van der Waals surface area contributed by atoms with Gasteiger partial charge in [-0.25, -0.2) is 4.79 Å². The molecule has 1 saturated heterocycles. The van der Waals surface area contributed by atoms with Gasteiger partial charge in [-0.05, 0) is 48.0 Å². The van der Waals surface area contributed by atoms with Gasteiger partial charge in [0.2, 0.25) is 0 Å². The van der Waals surface area contributed by atoms with Gasteiger partial charge in [0.15, 0.2) is 4.67 Å². The Bertz CT molecular complexity index is 429. The third-order valence-corrected chi connectivity index (χ3v) is 2.58. The molecule has 0 N–H and O–H groups in total. The van der Waals surface area contributed by atoms with E-state index in [4.69, 9.17) is 9.15 Å². The average molecular weight is 271 g/mol. The van der Waals surface area contributed by atoms with Crippen molar-refractivity contribution in [1.82, 2.24) is 0 Å². The summed E-state index contributed by atoms with van der Waals surface area (Å²) in [5.41, 5.74) is 0.258. The van der Waals surface area contributed by atoms with Gasteiger partial charge < -0.3 is 9.15 Å². The fraction of sp³-hybridized carbons (Fsp3) is 0.364. The van der Waals surface area contributed by atoms with Crippen molar-refractivity contribution in [3.05, 3.63) is 28.1 Å². The molecule has 0 radical (unpaired) electrons. The molecule has 1 aliphatic heterocycles. The summed E-state index contributed by atoms with van der Waals surface area (Å²) in [7, 11) is 0. The van der Waals surface area contributed by atoms with Crippen molar-refractivity contribution in [1.29, 1.82) is 0 Å². The van der Waals surface area contributed by atoms with Crippen LogP contribution in [0.1, 0.15) is 26.0 Å². The maximum atomic E-state index is 11.5. The minimum absolute atomic E-state index is 0.257. The lowest BCUT2D eigenvalue weighted by Crippen LogP contribution is -2.17. The van der Waals surface area contributed by atoms with E-state index in [1.165, 1.54) is 0 Å². The molecule has 0 aromatic carbocycles. The second-order valence-corrected chi connectivity index (χ2v) is 4.92. The Morgan fingerprint density at radius 3 is 2.67 bits per heavy atom. The summed E-state index contributed by atoms with van der Waals surface area (Å²) >= 11 is 3.21. The zero-order valence-corrected chi connectivity index (χ0v) is 10.1. The molecule has 0 saturated carbocycles. The first-order valence-electron chi connectivity index (χ1n) is 4.65. The molecule has 0 aliphatic carbocycles. The molecule has 1 aromatic heterocycles. The maximum Gasteiger partial charge on any atom is 0.334 e. The molecule has 2 rings (SSSR count). The van der Waals surface area contributed by atoms with Crippen LogP contribution in [0.5, 0.6) is 0 Å². The van der Waals surface area contributed by atoms with Gasteiger partial charge in [-0.3, -0.25) is 0 Å². The quantitative estimate of drug-likeness (QED) is 0.581. The molecular formula is C11H11BrO3. The van der Waals surface area contributed by atoms with Crippen LogP contribution in [0.2, 0.25) is 0 Å². The Balaban J connectivity index is 2.25. The van der Waals surface area contributed by atoms with Crippen LogP contribution in [0.25, 0.3) is 6.08 Å². The molecule has 0 atom stereocenters. The average Bonchev–Trinajstić information content (AvgIpc) is 2.58. The van der Waals surface area contributed by atoms with Gasteiger partial charge >= 0.3 is 5.97 Å². The number of hydrogen-bond donors (Lipinski definition) is 0. The smallest absolute Gasteiger partial charge is 0.334 e. The number of ether oxygens (including phenoxy) is 1. The molecular weight excluding hydrogens is 260 g/mol. The largest absolute Gasteiger partial charge is 0.456 e. The van der Waals surface area contributed by atoms with Crippen molar-refractivity contribution in [3.63, 3.8) is 0 Å². The standard InChI is InChI=1S/C11H11BrO3/c1-11(2)6-7(10(13)15-11)5-8-3-4-9(12)14-8/h3-5H,6H2,1-2H3. The summed E-state index contributed by atoms with van der Waals surface area (Å²) in [5, 5.41) is 0. The molecule has 0 bridgehead atoms. The molecule has 2 heterocycles. The Labute approximate surface area is 96.2 Å². The van der Waals surface area contributed by atoms with Crippen molar-refractivity contribution in [2.45, 2.75) is 25.9 Å². The molecule has 0 spiro atoms. The van der Waals surface area contributed by atoms with Gasteiger partial charge in [0.05, 0.1) is 0 Å². The summed E-state index contributed by atoms with van der Waals surface area (Å²) in [6.45, 7) is 3.79. The molecule has 80 valence electrons. The number of hydrogen-bond acceptors (Lipinski definition) is 3. The highest BCUT2D eigenvalue weighted by molar-refractivity contribution is 9.10. The Kier molecular flexibility index (Phi) is 2.46. The van der Waals surface area contributed by atoms with Crippen molar-refractivity contribution in [2.24, 2.45) is 0 Å². The van der Waals surface area contributed by atoms with Crippen LogP contribution in [-0.4, -0.2) is 11.6 Å². The first-order valence-corrected chi connectivity index (χ1v) is 5.45. The van der Waals surface area contributed by atoms with Crippen LogP contribution < -0.4 is 0 Å². The first-order chi connectivity index (χ1) is 6.96. The lowest BCUT2D eigenvalue weighted by Gasteiger charge is -2.13. The zero-order valence-electron chi connectivity index (χ0n) is 8.54. The van der Waals surface area contributed by atoms with Gasteiger partial charge in [0.25, 0.3) is 0 Å². The topological polar surface area (TPSA) is 39.4 Å². The number of carbonyl (C=O) groups is 1. The lowest BCUT2D eigenvalue weighted by atomic mass is 10.0. The van der Waals surface area contributed by atoms with E-state index in [1.807, 2.05) is 13.8 Å². The summed E-state index contributed by atoms with van der Waals surface area (Å²) < 4.78 is 11.1. The second-order valence-electron chi connectivity index (χ2n) is 4.14. The minimum Gasteiger partial charge on any atom is -0.456 e. The normalized spacial score (nSPS) is 22.1. The number of carbonyl (C=O) groups excluding carboxylic acids is 1. The maximum absolute atomic E-state index is 11.5. The molecule has 0 unspecified atom stereocenters. The molecule has 1 aliphatic rings. The van der Waals surface area contributed by atoms with Crippen LogP contribution in [0.4, 0.5) is 0 Å². The van der Waals surface area contributed by atoms with E-state index >= 15 is 0 Å². The first kappa shape index (κ1) is 10.5. The highest BCUT2D eigenvalue weighted by Gasteiger charge is 2.35. The molecule has 0 amide bonds. The highest BCUT2D eigenvalue weighted by Crippen LogP contribution is 2.31. The predicted molar refractivity (Wildman–Crippen MR) is 59.2 cm³/mol. The molecule has 1 fully saturated rings. The van der Waals surface area contributed by atoms with E-state index in [0.29, 0.717) is 22.4 Å². The van der Waals surface area contributed by atoms with Crippen LogP contribution in [0.15, 0.2) is 26.8 Å². The van der Waals surface area contributed by atoms with E-state index < -0.39 is 5.60 Å². The van der Waals surface area contributed by atoms with E-state index in [2.05, 4.69) is 15.9 Å². The van der Waals surface area contributed by atoms with Crippen LogP contribution >= 0.6 is 15.9 Å². The van der Waals surface area contributed by atoms with Crippen molar-refractivity contribution >= 4 is 28.0 Å². The Morgan fingerprint density at radius 2 is 2.20 bits per heavy atom. The van der Waals surface area contributed by atoms with Crippen molar-refractivity contribution < 1.29 is 13.9 Å². The zero-order chi connectivity index (χ0) is 11.1. The van der Waals surface area contributed by atoms with Gasteiger partial charge in [-0.15, -0.1) is 0 Å². The predicted octanol–water partition coefficient (Wildman–Crippen LogP) is 3.15. The SMILES string of the molecule is CC1(C)CC(=Cc2ccc(Br)o2)C(=O)O1. The van der Waals surface area contributed by atoms with E-state index in [0.717, 1.165) is 0 Å². The third kappa shape index (κ3) is 2.31. The van der Waals surface area contributed by atoms with Crippen LogP contribution in [-0.2, 0) is 9.53 Å². The summed E-state index contributed by atoms with van der Waals surface area (Å²) in [6, 6.07) is 3.59. The highest BCUT2D eigenvalue weighted by atomic mass is 79.9. The summed E-state index contributed by atoms with van der Waals surface area (Å²) in [4.78, 5) is 11.5.